The van der Waals surface area contributed by atoms with Crippen molar-refractivity contribution in [2.24, 2.45) is 5.92 Å². The molecular formula is C25H34N8O2. The van der Waals surface area contributed by atoms with Crippen LogP contribution in [-0.4, -0.2) is 71.6 Å². The number of nitrogens with one attached hydrogen (secondary N) is 1. The second kappa shape index (κ2) is 9.85. The number of ether oxygens (including phenoxy) is 1. The molecule has 1 N–H and O–H groups in total. The van der Waals surface area contributed by atoms with Crippen molar-refractivity contribution in [2.45, 2.75) is 78.2 Å². The Kier molecular flexibility index (Phi) is 6.64. The Hall–Kier alpha value is -3.14. The van der Waals surface area contributed by atoms with Crippen molar-refractivity contribution < 1.29 is 9.53 Å². The molecule has 3 aromatic heterocycles. The highest BCUT2D eigenvalue weighted by Gasteiger charge is 2.37. The van der Waals surface area contributed by atoms with E-state index in [0.29, 0.717) is 36.8 Å². The summed E-state index contributed by atoms with van der Waals surface area (Å²) in [6.07, 6.45) is 9.51. The van der Waals surface area contributed by atoms with Crippen molar-refractivity contribution in [1.29, 1.82) is 0 Å². The minimum Gasteiger partial charge on any atom is -0.372 e. The lowest BCUT2D eigenvalue weighted by Crippen LogP contribution is -2.54. The molecule has 0 spiro atoms. The molecule has 3 atom stereocenters. The molecular weight excluding hydrogens is 444 g/mol. The van der Waals surface area contributed by atoms with E-state index in [2.05, 4.69) is 32.2 Å². The average Bonchev–Trinajstić information content (AvgIpc) is 3.50. The number of morpholine rings is 1. The van der Waals surface area contributed by atoms with Crippen LogP contribution < -0.4 is 5.32 Å². The lowest BCUT2D eigenvalue weighted by molar-refractivity contribution is -0.145. The second-order valence-electron chi connectivity index (χ2n) is 9.76. The third-order valence-electron chi connectivity index (χ3n) is 7.05. The van der Waals surface area contributed by atoms with Crippen molar-refractivity contribution in [3.63, 3.8) is 0 Å². The quantitative estimate of drug-likeness (QED) is 0.575. The molecule has 186 valence electrons. The van der Waals surface area contributed by atoms with Gasteiger partial charge in [0.1, 0.15) is 24.0 Å². The molecule has 3 aromatic rings. The first-order valence-corrected chi connectivity index (χ1v) is 12.7. The molecule has 35 heavy (non-hydrogen) atoms. The van der Waals surface area contributed by atoms with Gasteiger partial charge in [-0.1, -0.05) is 12.8 Å². The average molecular weight is 479 g/mol. The van der Waals surface area contributed by atoms with Gasteiger partial charge in [0.2, 0.25) is 5.91 Å². The molecule has 5 rings (SSSR count). The summed E-state index contributed by atoms with van der Waals surface area (Å²) < 4.78 is 7.90. The van der Waals surface area contributed by atoms with Gasteiger partial charge in [-0.3, -0.25) is 4.79 Å². The van der Waals surface area contributed by atoms with Crippen molar-refractivity contribution >= 4 is 22.9 Å². The summed E-state index contributed by atoms with van der Waals surface area (Å²) in [6, 6.07) is -0.356. The van der Waals surface area contributed by atoms with Crippen LogP contribution in [0.2, 0.25) is 0 Å². The van der Waals surface area contributed by atoms with Gasteiger partial charge < -0.3 is 19.5 Å². The van der Waals surface area contributed by atoms with E-state index in [-0.39, 0.29) is 30.1 Å². The molecule has 0 radical (unpaired) electrons. The van der Waals surface area contributed by atoms with Crippen molar-refractivity contribution in [1.82, 2.24) is 34.4 Å². The van der Waals surface area contributed by atoms with Gasteiger partial charge in [-0.05, 0) is 46.5 Å². The molecule has 2 fully saturated rings. The molecule has 0 bridgehead atoms. The molecule has 2 aliphatic rings. The Morgan fingerprint density at radius 3 is 2.46 bits per heavy atom. The summed E-state index contributed by atoms with van der Waals surface area (Å²) in [7, 11) is 0. The van der Waals surface area contributed by atoms with E-state index in [1.807, 2.05) is 30.2 Å². The molecule has 4 heterocycles. The van der Waals surface area contributed by atoms with Gasteiger partial charge in [0, 0.05) is 32.0 Å². The normalized spacial score (nSPS) is 22.0. The number of carbonyl (C=O) groups is 1. The van der Waals surface area contributed by atoms with Crippen molar-refractivity contribution in [3.8, 4) is 11.4 Å². The summed E-state index contributed by atoms with van der Waals surface area (Å²) >= 11 is 0. The van der Waals surface area contributed by atoms with Crippen LogP contribution in [0.5, 0.6) is 0 Å². The van der Waals surface area contributed by atoms with Crippen molar-refractivity contribution in [3.05, 3.63) is 24.5 Å². The maximum atomic E-state index is 13.8. The predicted octanol–water partition coefficient (Wildman–Crippen LogP) is 3.22. The third-order valence-corrected chi connectivity index (χ3v) is 7.05. The van der Waals surface area contributed by atoms with E-state index < -0.39 is 0 Å². The van der Waals surface area contributed by atoms with Crippen LogP contribution in [0.1, 0.15) is 52.3 Å². The number of aromatic nitrogens is 6. The van der Waals surface area contributed by atoms with Crippen LogP contribution in [0.3, 0.4) is 0 Å². The first-order chi connectivity index (χ1) is 16.9. The standard InChI is InChI=1S/C25H34N8O2/c1-5-33-23(19-10-26-17(4)27-11-19)31-21-22(28-14-29-24(21)33)30-20(18-8-6-7-9-18)25(34)32-12-15(2)35-16(3)13-32/h10-11,14-16,18,20H,5-9,12-13H2,1-4H3,(H,28,29,30)/t15-,16+,20-/m0/s1. The lowest BCUT2D eigenvalue weighted by atomic mass is 9.96. The van der Waals surface area contributed by atoms with E-state index in [1.165, 1.54) is 0 Å². The molecule has 0 aromatic carbocycles. The summed E-state index contributed by atoms with van der Waals surface area (Å²) in [4.78, 5) is 38.4. The summed E-state index contributed by atoms with van der Waals surface area (Å²) in [5, 5.41) is 3.53. The zero-order valence-electron chi connectivity index (χ0n) is 20.9. The van der Waals surface area contributed by atoms with Crippen LogP contribution in [0.4, 0.5) is 5.82 Å². The summed E-state index contributed by atoms with van der Waals surface area (Å²) in [6.45, 7) is 9.86. The van der Waals surface area contributed by atoms with Crippen LogP contribution in [0.25, 0.3) is 22.6 Å². The van der Waals surface area contributed by atoms with Crippen LogP contribution in [0.15, 0.2) is 18.7 Å². The summed E-state index contributed by atoms with van der Waals surface area (Å²) in [5.74, 6) is 2.42. The van der Waals surface area contributed by atoms with Gasteiger partial charge in [0.25, 0.3) is 0 Å². The number of carbonyl (C=O) groups excluding carboxylic acids is 1. The smallest absolute Gasteiger partial charge is 0.245 e. The number of hydrogen-bond acceptors (Lipinski definition) is 8. The Bertz CT molecular complexity index is 1180. The number of hydrogen-bond donors (Lipinski definition) is 1. The van der Waals surface area contributed by atoms with E-state index in [0.717, 1.165) is 42.7 Å². The number of rotatable bonds is 6. The molecule has 0 unspecified atom stereocenters. The maximum Gasteiger partial charge on any atom is 0.245 e. The number of imidazole rings is 1. The Morgan fingerprint density at radius 2 is 1.80 bits per heavy atom. The van der Waals surface area contributed by atoms with E-state index in [9.17, 15) is 4.79 Å². The Morgan fingerprint density at radius 1 is 1.11 bits per heavy atom. The molecule has 10 heteroatoms. The molecule has 1 saturated carbocycles. The SMILES string of the molecule is CCn1c(-c2cnc(C)nc2)nc2c(N[C@H](C(=O)N3C[C@@H](C)O[C@@H](C)C3)C3CCCC3)ncnc21. The van der Waals surface area contributed by atoms with Gasteiger partial charge in [0.05, 0.1) is 17.8 Å². The van der Waals surface area contributed by atoms with Gasteiger partial charge in [-0.15, -0.1) is 0 Å². The number of nitrogens with zero attached hydrogens (tertiary/aromatic N) is 7. The molecule has 1 amide bonds. The lowest BCUT2D eigenvalue weighted by Gasteiger charge is -2.38. The molecule has 10 nitrogen and oxygen atoms in total. The first-order valence-electron chi connectivity index (χ1n) is 12.7. The first kappa shape index (κ1) is 23.6. The Labute approximate surface area is 205 Å². The minimum atomic E-state index is -0.356. The zero-order chi connectivity index (χ0) is 24.5. The van der Waals surface area contributed by atoms with Gasteiger partial charge in [-0.25, -0.2) is 24.9 Å². The van der Waals surface area contributed by atoms with Gasteiger partial charge >= 0.3 is 0 Å². The minimum absolute atomic E-state index is 0.0252. The van der Waals surface area contributed by atoms with E-state index in [1.54, 1.807) is 18.7 Å². The monoisotopic (exact) mass is 478 g/mol. The van der Waals surface area contributed by atoms with E-state index >= 15 is 0 Å². The molecule has 1 aliphatic carbocycles. The number of amides is 1. The van der Waals surface area contributed by atoms with Crippen molar-refractivity contribution in [2.75, 3.05) is 18.4 Å². The fraction of sp³-hybridized carbons (Fsp3) is 0.600. The zero-order valence-corrected chi connectivity index (χ0v) is 20.9. The summed E-state index contributed by atoms with van der Waals surface area (Å²) in [5.41, 5.74) is 2.21. The van der Waals surface area contributed by atoms with Crippen LogP contribution >= 0.6 is 0 Å². The number of anilines is 1. The highest BCUT2D eigenvalue weighted by molar-refractivity contribution is 5.90. The predicted molar refractivity (Wildman–Crippen MR) is 133 cm³/mol. The third kappa shape index (κ3) is 4.71. The number of aryl methyl sites for hydroxylation is 2. The second-order valence-corrected chi connectivity index (χ2v) is 9.76. The highest BCUT2D eigenvalue weighted by atomic mass is 16.5. The topological polar surface area (TPSA) is 111 Å². The Balaban J connectivity index is 1.51. The van der Waals surface area contributed by atoms with E-state index in [4.69, 9.17) is 9.72 Å². The van der Waals surface area contributed by atoms with Gasteiger partial charge in [-0.2, -0.15) is 0 Å². The fourth-order valence-corrected chi connectivity index (χ4v) is 5.44. The molecule has 1 aliphatic heterocycles. The number of fused-ring (bicyclic) bond motifs is 1. The molecule has 1 saturated heterocycles. The fourth-order valence-electron chi connectivity index (χ4n) is 5.44. The van der Waals surface area contributed by atoms with Crippen LogP contribution in [0, 0.1) is 12.8 Å². The maximum absolute atomic E-state index is 13.8. The largest absolute Gasteiger partial charge is 0.372 e. The van der Waals surface area contributed by atoms with Crippen LogP contribution in [-0.2, 0) is 16.1 Å². The van der Waals surface area contributed by atoms with Gasteiger partial charge in [0.15, 0.2) is 17.0 Å². The highest BCUT2D eigenvalue weighted by Crippen LogP contribution is 2.33.